The van der Waals surface area contributed by atoms with Crippen LogP contribution in [0.3, 0.4) is 0 Å². The Labute approximate surface area is 180 Å². The fourth-order valence-electron chi connectivity index (χ4n) is 4.21. The van der Waals surface area contributed by atoms with Crippen molar-refractivity contribution in [2.45, 2.75) is 26.4 Å². The fraction of sp³-hybridized carbons (Fsp3) is 0.208. The van der Waals surface area contributed by atoms with Gasteiger partial charge in [0.05, 0.1) is 5.39 Å². The van der Waals surface area contributed by atoms with Crippen LogP contribution in [0, 0.1) is 0 Å². The van der Waals surface area contributed by atoms with Crippen molar-refractivity contribution in [3.8, 4) is 0 Å². The largest absolute Gasteiger partial charge is 0.384 e. The van der Waals surface area contributed by atoms with Crippen molar-refractivity contribution >= 4 is 34.1 Å². The Bertz CT molecular complexity index is 1250. The second-order valence-electron chi connectivity index (χ2n) is 7.96. The molecule has 0 unspecified atom stereocenters. The third-order valence-corrected chi connectivity index (χ3v) is 5.81. The SMILES string of the molecule is CC(=O)c1ccc(Nc2nc3n[nH]c(N)c3c3c2CN(Cc2ccccc2)CC3)cc1. The molecule has 4 aromatic rings. The average Bonchev–Trinajstić information content (AvgIpc) is 3.15. The Hall–Kier alpha value is -3.71. The minimum atomic E-state index is 0.0482. The van der Waals surface area contributed by atoms with Gasteiger partial charge in [-0.25, -0.2) is 4.98 Å². The Kier molecular flexibility index (Phi) is 4.88. The molecule has 0 atom stereocenters. The molecule has 3 heterocycles. The van der Waals surface area contributed by atoms with Gasteiger partial charge in [-0.2, -0.15) is 5.10 Å². The second-order valence-corrected chi connectivity index (χ2v) is 7.96. The van der Waals surface area contributed by atoms with Crippen LogP contribution in [0.25, 0.3) is 11.0 Å². The Morgan fingerprint density at radius 2 is 1.90 bits per heavy atom. The van der Waals surface area contributed by atoms with E-state index in [1.54, 1.807) is 6.92 Å². The van der Waals surface area contributed by atoms with Crippen LogP contribution >= 0.6 is 0 Å². The fourth-order valence-corrected chi connectivity index (χ4v) is 4.21. The molecule has 0 amide bonds. The van der Waals surface area contributed by atoms with Gasteiger partial charge in [-0.05, 0) is 48.7 Å². The summed E-state index contributed by atoms with van der Waals surface area (Å²) < 4.78 is 0. The first-order chi connectivity index (χ1) is 15.1. The molecule has 2 aromatic carbocycles. The van der Waals surface area contributed by atoms with E-state index in [9.17, 15) is 4.79 Å². The number of nitrogens with two attached hydrogens (primary N) is 1. The molecule has 0 radical (unpaired) electrons. The van der Waals surface area contributed by atoms with Gasteiger partial charge in [-0.1, -0.05) is 30.3 Å². The van der Waals surface area contributed by atoms with Gasteiger partial charge in [0.2, 0.25) is 0 Å². The van der Waals surface area contributed by atoms with Crippen molar-refractivity contribution in [2.24, 2.45) is 0 Å². The third kappa shape index (κ3) is 3.75. The number of carbonyl (C=O) groups is 1. The summed E-state index contributed by atoms with van der Waals surface area (Å²) in [6, 6.07) is 17.9. The normalized spacial score (nSPS) is 13.8. The maximum Gasteiger partial charge on any atom is 0.185 e. The molecule has 31 heavy (non-hydrogen) atoms. The van der Waals surface area contributed by atoms with Gasteiger partial charge < -0.3 is 11.1 Å². The first kappa shape index (κ1) is 19.3. The van der Waals surface area contributed by atoms with Crippen molar-refractivity contribution in [3.05, 3.63) is 76.9 Å². The summed E-state index contributed by atoms with van der Waals surface area (Å²) in [5, 5.41) is 11.5. The van der Waals surface area contributed by atoms with Crippen molar-refractivity contribution in [3.63, 3.8) is 0 Å². The highest BCUT2D eigenvalue weighted by Gasteiger charge is 2.25. The van der Waals surface area contributed by atoms with Gasteiger partial charge in [0, 0.05) is 36.4 Å². The lowest BCUT2D eigenvalue weighted by molar-refractivity contribution is 0.101. The number of rotatable bonds is 5. The molecule has 156 valence electrons. The van der Waals surface area contributed by atoms with E-state index < -0.39 is 0 Å². The first-order valence-corrected chi connectivity index (χ1v) is 10.4. The van der Waals surface area contributed by atoms with Crippen LogP contribution in [0.15, 0.2) is 54.6 Å². The second kappa shape index (κ2) is 7.85. The zero-order valence-corrected chi connectivity index (χ0v) is 17.4. The molecule has 1 aliphatic rings. The summed E-state index contributed by atoms with van der Waals surface area (Å²) >= 11 is 0. The standard InChI is InChI=1S/C24H24N6O/c1-15(31)17-7-9-18(10-8-17)26-23-20-14-30(13-16-5-3-2-4-6-16)12-11-19(20)21-22(25)28-29-24(21)27-23/h2-10H,11-14H2,1H3,(H4,25,26,27,28,29). The lowest BCUT2D eigenvalue weighted by atomic mass is 9.97. The highest BCUT2D eigenvalue weighted by atomic mass is 16.1. The number of pyridine rings is 1. The molecule has 7 nitrogen and oxygen atoms in total. The van der Waals surface area contributed by atoms with E-state index in [1.165, 1.54) is 11.1 Å². The molecule has 0 saturated heterocycles. The number of nitrogen functional groups attached to an aromatic ring is 1. The predicted octanol–water partition coefficient (Wildman–Crippen LogP) is 4.04. The lowest BCUT2D eigenvalue weighted by Crippen LogP contribution is -2.31. The summed E-state index contributed by atoms with van der Waals surface area (Å²) in [7, 11) is 0. The average molecular weight is 412 g/mol. The molecule has 7 heteroatoms. The van der Waals surface area contributed by atoms with Crippen LogP contribution in [0.1, 0.15) is 34.0 Å². The minimum absolute atomic E-state index is 0.0482. The number of H-pyrrole nitrogens is 1. The molecule has 0 saturated carbocycles. The van der Waals surface area contributed by atoms with E-state index in [4.69, 9.17) is 10.7 Å². The molecule has 4 N–H and O–H groups in total. The topological polar surface area (TPSA) is 99.9 Å². The van der Waals surface area contributed by atoms with Gasteiger partial charge in [0.25, 0.3) is 0 Å². The van der Waals surface area contributed by atoms with E-state index in [2.05, 4.69) is 44.7 Å². The van der Waals surface area contributed by atoms with Crippen LogP contribution in [-0.4, -0.2) is 32.4 Å². The quantitative estimate of drug-likeness (QED) is 0.428. The van der Waals surface area contributed by atoms with Gasteiger partial charge in [0.15, 0.2) is 11.4 Å². The van der Waals surface area contributed by atoms with Crippen molar-refractivity contribution in [1.29, 1.82) is 0 Å². The van der Waals surface area contributed by atoms with Gasteiger partial charge in [0.1, 0.15) is 11.6 Å². The van der Waals surface area contributed by atoms with Gasteiger partial charge >= 0.3 is 0 Å². The van der Waals surface area contributed by atoms with E-state index in [0.717, 1.165) is 48.5 Å². The Morgan fingerprint density at radius 1 is 1.13 bits per heavy atom. The molecule has 2 aromatic heterocycles. The minimum Gasteiger partial charge on any atom is -0.384 e. The number of nitrogens with one attached hydrogen (secondary N) is 2. The van der Waals surface area contributed by atoms with Crippen LogP contribution in [0.5, 0.6) is 0 Å². The van der Waals surface area contributed by atoms with Crippen molar-refractivity contribution in [1.82, 2.24) is 20.1 Å². The summed E-state index contributed by atoms with van der Waals surface area (Å²) in [6.07, 6.45) is 0.878. The number of hydrogen-bond donors (Lipinski definition) is 3. The molecule has 0 bridgehead atoms. The number of carbonyl (C=O) groups excluding carboxylic acids is 1. The highest BCUT2D eigenvalue weighted by Crippen LogP contribution is 2.35. The van der Waals surface area contributed by atoms with Gasteiger partial charge in [-0.15, -0.1) is 0 Å². The number of nitrogens with zero attached hydrogens (tertiary/aromatic N) is 3. The number of Topliss-reactive ketones (excluding diaryl/α,β-unsaturated/α-hetero) is 1. The Morgan fingerprint density at radius 3 is 2.65 bits per heavy atom. The summed E-state index contributed by atoms with van der Waals surface area (Å²) in [6.45, 7) is 4.16. The maximum absolute atomic E-state index is 11.6. The molecule has 1 aliphatic heterocycles. The van der Waals surface area contributed by atoms with E-state index in [0.29, 0.717) is 17.0 Å². The molecule has 0 spiro atoms. The molecular weight excluding hydrogens is 388 g/mol. The molecular formula is C24H24N6O. The van der Waals surface area contributed by atoms with Crippen LogP contribution in [0.4, 0.5) is 17.3 Å². The van der Waals surface area contributed by atoms with Crippen molar-refractivity contribution in [2.75, 3.05) is 17.6 Å². The zero-order chi connectivity index (χ0) is 21.4. The number of hydrogen-bond acceptors (Lipinski definition) is 6. The van der Waals surface area contributed by atoms with Crippen LogP contribution in [0.2, 0.25) is 0 Å². The first-order valence-electron chi connectivity index (χ1n) is 10.4. The summed E-state index contributed by atoms with van der Waals surface area (Å²) in [5.74, 6) is 1.39. The Balaban J connectivity index is 1.51. The molecule has 0 fully saturated rings. The number of benzene rings is 2. The number of anilines is 3. The number of ketones is 1. The lowest BCUT2D eigenvalue weighted by Gasteiger charge is -2.30. The highest BCUT2D eigenvalue weighted by molar-refractivity contribution is 5.95. The van der Waals surface area contributed by atoms with E-state index >= 15 is 0 Å². The predicted molar refractivity (Wildman–Crippen MR) is 122 cm³/mol. The number of fused-ring (bicyclic) bond motifs is 3. The molecule has 0 aliphatic carbocycles. The zero-order valence-electron chi connectivity index (χ0n) is 17.4. The number of aromatic nitrogens is 3. The smallest absolute Gasteiger partial charge is 0.185 e. The van der Waals surface area contributed by atoms with E-state index in [-0.39, 0.29) is 5.78 Å². The monoisotopic (exact) mass is 412 g/mol. The molecule has 5 rings (SSSR count). The van der Waals surface area contributed by atoms with Crippen LogP contribution in [-0.2, 0) is 19.5 Å². The van der Waals surface area contributed by atoms with E-state index in [1.807, 2.05) is 30.3 Å². The van der Waals surface area contributed by atoms with Crippen molar-refractivity contribution < 1.29 is 4.79 Å². The number of aromatic amines is 1. The summed E-state index contributed by atoms with van der Waals surface area (Å²) in [5.41, 5.74) is 12.0. The summed E-state index contributed by atoms with van der Waals surface area (Å²) in [4.78, 5) is 18.8. The maximum atomic E-state index is 11.6. The van der Waals surface area contributed by atoms with Gasteiger partial charge in [-0.3, -0.25) is 14.8 Å². The third-order valence-electron chi connectivity index (χ3n) is 5.81. The van der Waals surface area contributed by atoms with Crippen LogP contribution < -0.4 is 11.1 Å².